The molecular weight excluding hydrogens is 1310 g/mol. The SMILES string of the molecule is N#Cc1ccc(-c2ccc(-c3cc(-c4ccccc4)c4cc(-c5ccccc5)c5ccccc5c4n3)cc2)cc1.N#Cc1cccc(-c2cc(-c3ccccc3)c3cc(-c4ccccc4)c4ccccc4c3n2)c1.N#Cc1ccccc1-c1cc(-c2ccccc2)c2cc(-c3ccccc3)c3ccccc3c2n1. The van der Waals surface area contributed by atoms with Gasteiger partial charge in [0.1, 0.15) is 0 Å². The third-order valence-corrected chi connectivity index (χ3v) is 20.1. The van der Waals surface area contributed by atoms with Crippen LogP contribution in [0.3, 0.4) is 0 Å². The first-order valence-electron chi connectivity index (χ1n) is 36.0. The van der Waals surface area contributed by atoms with Crippen molar-refractivity contribution < 1.29 is 0 Å². The third-order valence-electron chi connectivity index (χ3n) is 20.1. The predicted octanol–water partition coefficient (Wildman–Crippen LogP) is 26.4. The van der Waals surface area contributed by atoms with Crippen molar-refractivity contribution in [2.45, 2.75) is 0 Å². The van der Waals surface area contributed by atoms with Crippen molar-refractivity contribution >= 4 is 65.0 Å². The molecule has 0 saturated carbocycles. The molecule has 6 heteroatoms. The zero-order valence-electron chi connectivity index (χ0n) is 58.6. The fourth-order valence-corrected chi connectivity index (χ4v) is 14.9. The molecule has 0 radical (unpaired) electrons. The second-order valence-corrected chi connectivity index (χ2v) is 26.6. The van der Waals surface area contributed by atoms with Crippen molar-refractivity contribution in [1.82, 2.24) is 15.0 Å². The van der Waals surface area contributed by atoms with Crippen LogP contribution in [0.25, 0.3) is 177 Å². The zero-order valence-corrected chi connectivity index (χ0v) is 58.6. The van der Waals surface area contributed by atoms with Gasteiger partial charge in [-0.15, -0.1) is 0 Å². The van der Waals surface area contributed by atoms with Crippen molar-refractivity contribution in [2.75, 3.05) is 0 Å². The Hall–Kier alpha value is -15.0. The summed E-state index contributed by atoms with van der Waals surface area (Å²) in [4.78, 5) is 15.6. The van der Waals surface area contributed by atoms with E-state index in [0.717, 1.165) is 116 Å². The molecule has 0 amide bonds. The van der Waals surface area contributed by atoms with E-state index in [1.165, 1.54) is 60.7 Å². The van der Waals surface area contributed by atoms with Crippen LogP contribution in [0.2, 0.25) is 0 Å². The maximum Gasteiger partial charge on any atom is 0.0998 e. The Morgan fingerprint density at radius 1 is 0.167 bits per heavy atom. The molecule has 0 atom stereocenters. The monoisotopic (exact) mass is 1370 g/mol. The summed E-state index contributed by atoms with van der Waals surface area (Å²) in [6.07, 6.45) is 0. The van der Waals surface area contributed by atoms with Crippen LogP contribution in [0.1, 0.15) is 16.7 Å². The molecule has 3 heterocycles. The van der Waals surface area contributed by atoms with Crippen LogP contribution in [0.15, 0.2) is 388 Å². The van der Waals surface area contributed by atoms with Gasteiger partial charge in [0, 0.05) is 49.0 Å². The Morgan fingerprint density at radius 2 is 0.454 bits per heavy atom. The molecule has 6 nitrogen and oxygen atoms in total. The average molecular weight is 1370 g/mol. The molecule has 0 saturated heterocycles. The fourth-order valence-electron chi connectivity index (χ4n) is 14.9. The van der Waals surface area contributed by atoms with E-state index in [1.807, 2.05) is 97.1 Å². The molecule has 0 aliphatic rings. The van der Waals surface area contributed by atoms with Gasteiger partial charge < -0.3 is 0 Å². The van der Waals surface area contributed by atoms with Crippen molar-refractivity contribution in [2.24, 2.45) is 0 Å². The molecule has 0 unspecified atom stereocenters. The van der Waals surface area contributed by atoms with E-state index in [2.05, 4.69) is 309 Å². The number of aromatic nitrogens is 3. The summed E-state index contributed by atoms with van der Waals surface area (Å²) >= 11 is 0. The Balaban J connectivity index is 0.000000119. The highest BCUT2D eigenvalue weighted by molar-refractivity contribution is 6.19. The number of fused-ring (bicyclic) bond motifs is 9. The van der Waals surface area contributed by atoms with Crippen molar-refractivity contribution in [1.29, 1.82) is 15.8 Å². The van der Waals surface area contributed by atoms with Crippen molar-refractivity contribution in [3.05, 3.63) is 405 Å². The van der Waals surface area contributed by atoms with E-state index in [-0.39, 0.29) is 0 Å². The number of pyridine rings is 3. The van der Waals surface area contributed by atoms with Gasteiger partial charge >= 0.3 is 0 Å². The number of rotatable bonds is 10. The predicted molar refractivity (Wildman–Crippen MR) is 446 cm³/mol. The van der Waals surface area contributed by atoms with Crippen LogP contribution in [-0.4, -0.2) is 15.0 Å². The lowest BCUT2D eigenvalue weighted by Crippen LogP contribution is -1.94. The topological polar surface area (TPSA) is 110 Å². The van der Waals surface area contributed by atoms with E-state index < -0.39 is 0 Å². The van der Waals surface area contributed by atoms with Gasteiger partial charge in [-0.1, -0.05) is 322 Å². The molecule has 0 aliphatic carbocycles. The van der Waals surface area contributed by atoms with Gasteiger partial charge in [0.05, 0.1) is 68.5 Å². The van der Waals surface area contributed by atoms with Crippen molar-refractivity contribution in [3.63, 3.8) is 0 Å². The summed E-state index contributed by atoms with van der Waals surface area (Å²) in [6, 6.07) is 140. The average Bonchev–Trinajstić information content (AvgIpc) is 0.750. The molecular formula is C102H64N6. The largest absolute Gasteiger partial charge is 0.247 e. The van der Waals surface area contributed by atoms with Gasteiger partial charge in [-0.3, -0.25) is 0 Å². The summed E-state index contributed by atoms with van der Waals surface area (Å²) < 4.78 is 0. The number of nitrogens with zero attached hydrogens (tertiary/aromatic N) is 6. The number of hydrogen-bond donors (Lipinski definition) is 0. The van der Waals surface area contributed by atoms with E-state index in [4.69, 9.17) is 20.2 Å². The molecule has 502 valence electrons. The summed E-state index contributed by atoms with van der Waals surface area (Å²) in [7, 11) is 0. The lowest BCUT2D eigenvalue weighted by Gasteiger charge is -2.16. The lowest BCUT2D eigenvalue weighted by molar-refractivity contribution is 1.39. The highest BCUT2D eigenvalue weighted by atomic mass is 14.7. The van der Waals surface area contributed by atoms with Gasteiger partial charge in [-0.25, -0.2) is 15.0 Å². The van der Waals surface area contributed by atoms with E-state index in [1.54, 1.807) is 0 Å². The highest BCUT2D eigenvalue weighted by Gasteiger charge is 2.21. The minimum atomic E-state index is 0.624. The van der Waals surface area contributed by atoms with Gasteiger partial charge in [-0.2, -0.15) is 15.8 Å². The van der Waals surface area contributed by atoms with Crippen LogP contribution >= 0.6 is 0 Å². The molecule has 0 aliphatic heterocycles. The summed E-state index contributed by atoms with van der Waals surface area (Å²) in [5.74, 6) is 0. The third kappa shape index (κ3) is 13.1. The number of benzene rings is 16. The van der Waals surface area contributed by atoms with Crippen LogP contribution < -0.4 is 0 Å². The highest BCUT2D eigenvalue weighted by Crippen LogP contribution is 2.45. The number of hydrogen-bond acceptors (Lipinski definition) is 6. The molecule has 16 aromatic carbocycles. The molecule has 3 aromatic heterocycles. The molecule has 0 bridgehead atoms. The molecule has 19 rings (SSSR count). The first-order chi connectivity index (χ1) is 53.4. The van der Waals surface area contributed by atoms with Gasteiger partial charge in [-0.05, 0) is 161 Å². The molecule has 108 heavy (non-hydrogen) atoms. The van der Waals surface area contributed by atoms with E-state index >= 15 is 0 Å². The van der Waals surface area contributed by atoms with Gasteiger partial charge in [0.15, 0.2) is 0 Å². The fraction of sp³-hybridized carbons (Fsp3) is 0. The molecule has 0 N–H and O–H groups in total. The summed E-state index contributed by atoms with van der Waals surface area (Å²) in [6.45, 7) is 0. The maximum atomic E-state index is 9.74. The Bertz CT molecular complexity index is 6710. The Morgan fingerprint density at radius 3 is 0.824 bits per heavy atom. The summed E-state index contributed by atoms with van der Waals surface area (Å²) in [5, 5.41) is 38.5. The molecule has 19 aromatic rings. The second kappa shape index (κ2) is 29.8. The second-order valence-electron chi connectivity index (χ2n) is 26.6. The first kappa shape index (κ1) is 66.3. The van der Waals surface area contributed by atoms with Crippen LogP contribution in [0, 0.1) is 34.0 Å². The smallest absolute Gasteiger partial charge is 0.0998 e. The Labute approximate surface area is 626 Å². The summed E-state index contributed by atoms with van der Waals surface area (Å²) in [5.41, 5.74) is 26.5. The standard InChI is InChI=1S/C38H24N2.2C32H20N2/c39-25-26-15-17-27(18-16-26)28-19-21-31(22-20-28)37-24-35(30-11-5-2-6-12-30)36-23-34(29-9-3-1-4-10-29)32-13-7-8-14-33(32)38(36)40-37;33-21-22-10-9-15-25(18-22)31-20-29(24-13-5-2-6-14-24)30-19-28(23-11-3-1-4-12-23)26-16-7-8-17-27(26)32(30)34-31;33-21-24-15-7-8-16-25(24)31-20-29(23-13-5-2-6-14-23)30-19-28(22-11-3-1-4-12-22)26-17-9-10-18-27(26)32(30)34-31/h1-24H;2*1-20H. The lowest BCUT2D eigenvalue weighted by atomic mass is 9.90. The van der Waals surface area contributed by atoms with Crippen LogP contribution in [-0.2, 0) is 0 Å². The molecule has 0 spiro atoms. The zero-order chi connectivity index (χ0) is 72.7. The molecule has 0 fully saturated rings. The first-order valence-corrected chi connectivity index (χ1v) is 36.0. The quantitative estimate of drug-likeness (QED) is 0.126. The van der Waals surface area contributed by atoms with Gasteiger partial charge in [0.25, 0.3) is 0 Å². The number of nitriles is 3. The van der Waals surface area contributed by atoms with Gasteiger partial charge in [0.2, 0.25) is 0 Å². The Kier molecular flexibility index (Phi) is 18.3. The minimum Gasteiger partial charge on any atom is -0.247 e. The van der Waals surface area contributed by atoms with Crippen LogP contribution in [0.5, 0.6) is 0 Å². The van der Waals surface area contributed by atoms with Crippen molar-refractivity contribution in [3.8, 4) is 130 Å². The normalized spacial score (nSPS) is 10.9. The van der Waals surface area contributed by atoms with E-state index in [9.17, 15) is 10.5 Å². The maximum absolute atomic E-state index is 9.74. The van der Waals surface area contributed by atoms with Crippen LogP contribution in [0.4, 0.5) is 0 Å². The van der Waals surface area contributed by atoms with E-state index in [0.29, 0.717) is 16.7 Å². The minimum absolute atomic E-state index is 0.624.